The molecule has 112 valence electrons. The number of rotatable bonds is 8. The van der Waals surface area contributed by atoms with Crippen LogP contribution in [0.15, 0.2) is 30.3 Å². The van der Waals surface area contributed by atoms with Gasteiger partial charge in [0.2, 0.25) is 0 Å². The molecular weight excluding hydrogens is 252 g/mol. The largest absolute Gasteiger partial charge is 0.467 e. The fraction of sp³-hybridized carbons (Fsp3) is 0.562. The Morgan fingerprint density at radius 3 is 2.45 bits per heavy atom. The van der Waals surface area contributed by atoms with Gasteiger partial charge >= 0.3 is 5.97 Å². The van der Waals surface area contributed by atoms with Crippen molar-refractivity contribution < 1.29 is 9.53 Å². The maximum atomic E-state index is 12.3. The lowest BCUT2D eigenvalue weighted by molar-refractivity contribution is -0.149. The molecule has 4 heteroatoms. The van der Waals surface area contributed by atoms with E-state index in [9.17, 15) is 4.79 Å². The molecule has 0 aliphatic carbocycles. The van der Waals surface area contributed by atoms with E-state index in [1.54, 1.807) is 0 Å². The van der Waals surface area contributed by atoms with Crippen LogP contribution in [-0.4, -0.2) is 45.2 Å². The number of methoxy groups -OCH3 is 1. The summed E-state index contributed by atoms with van der Waals surface area (Å²) < 4.78 is 5.03. The van der Waals surface area contributed by atoms with E-state index in [1.165, 1.54) is 7.11 Å². The van der Waals surface area contributed by atoms with Gasteiger partial charge in [0, 0.05) is 6.54 Å². The van der Waals surface area contributed by atoms with Crippen molar-refractivity contribution in [2.24, 2.45) is 0 Å². The molecule has 0 amide bonds. The van der Waals surface area contributed by atoms with Gasteiger partial charge in [-0.1, -0.05) is 37.3 Å². The number of carbonyl (C=O) groups excluding carboxylic acids is 1. The summed E-state index contributed by atoms with van der Waals surface area (Å²) in [5, 5.41) is 3.18. The van der Waals surface area contributed by atoms with Crippen LogP contribution in [0, 0.1) is 0 Å². The Morgan fingerprint density at radius 2 is 1.95 bits per heavy atom. The normalized spacial score (nSPS) is 14.1. The molecule has 0 radical (unpaired) electrons. The van der Waals surface area contributed by atoms with Crippen LogP contribution in [0.1, 0.15) is 25.3 Å². The van der Waals surface area contributed by atoms with Crippen LogP contribution >= 0.6 is 0 Å². The van der Waals surface area contributed by atoms with E-state index in [-0.39, 0.29) is 5.97 Å². The minimum Gasteiger partial charge on any atom is -0.467 e. The van der Waals surface area contributed by atoms with Gasteiger partial charge in [-0.3, -0.25) is 0 Å². The Hall–Kier alpha value is -1.39. The van der Waals surface area contributed by atoms with Crippen molar-refractivity contribution in [3.05, 3.63) is 35.9 Å². The Labute approximate surface area is 122 Å². The number of likely N-dealkylation sites (N-methyl/N-ethyl adjacent to an activating group) is 1. The zero-order chi connectivity index (χ0) is 15.0. The molecule has 1 aromatic carbocycles. The highest BCUT2D eigenvalue weighted by Gasteiger charge is 2.39. The van der Waals surface area contributed by atoms with Gasteiger partial charge in [0.1, 0.15) is 5.54 Å². The molecule has 1 unspecified atom stereocenters. The Kier molecular flexibility index (Phi) is 6.68. The van der Waals surface area contributed by atoms with E-state index < -0.39 is 5.54 Å². The highest BCUT2D eigenvalue weighted by molar-refractivity contribution is 5.82. The van der Waals surface area contributed by atoms with Crippen molar-refractivity contribution >= 4 is 5.97 Å². The smallest absolute Gasteiger partial charge is 0.330 e. The van der Waals surface area contributed by atoms with E-state index in [1.807, 2.05) is 37.4 Å². The van der Waals surface area contributed by atoms with E-state index in [4.69, 9.17) is 4.74 Å². The molecule has 1 aromatic rings. The molecule has 0 spiro atoms. The van der Waals surface area contributed by atoms with E-state index in [0.717, 1.165) is 25.1 Å². The fourth-order valence-electron chi connectivity index (χ4n) is 2.48. The second-order valence-electron chi connectivity index (χ2n) is 5.07. The number of nitrogens with one attached hydrogen (secondary N) is 1. The summed E-state index contributed by atoms with van der Waals surface area (Å²) in [4.78, 5) is 14.6. The SMILES string of the molecule is CCCN(C)CCC(NC)(C(=O)OC)c1ccccc1. The molecule has 0 aliphatic rings. The minimum absolute atomic E-state index is 0.240. The minimum atomic E-state index is -0.780. The maximum absolute atomic E-state index is 12.3. The van der Waals surface area contributed by atoms with Gasteiger partial charge < -0.3 is 15.0 Å². The summed E-state index contributed by atoms with van der Waals surface area (Å²) in [5.74, 6) is -0.240. The van der Waals surface area contributed by atoms with Crippen LogP contribution in [0.2, 0.25) is 0 Å². The number of ether oxygens (including phenoxy) is 1. The molecule has 20 heavy (non-hydrogen) atoms. The zero-order valence-electron chi connectivity index (χ0n) is 13.0. The molecule has 1 N–H and O–H groups in total. The number of hydrogen-bond acceptors (Lipinski definition) is 4. The van der Waals surface area contributed by atoms with Crippen LogP contribution in [-0.2, 0) is 15.1 Å². The Balaban J connectivity index is 2.98. The molecule has 0 aromatic heterocycles. The zero-order valence-corrected chi connectivity index (χ0v) is 13.0. The topological polar surface area (TPSA) is 41.6 Å². The summed E-state index contributed by atoms with van der Waals surface area (Å²) >= 11 is 0. The average Bonchev–Trinajstić information content (AvgIpc) is 2.49. The summed E-state index contributed by atoms with van der Waals surface area (Å²) in [6, 6.07) is 9.77. The van der Waals surface area contributed by atoms with Gasteiger partial charge in [-0.25, -0.2) is 4.79 Å². The summed E-state index contributed by atoms with van der Waals surface area (Å²) in [6.07, 6.45) is 1.78. The van der Waals surface area contributed by atoms with Gasteiger partial charge in [0.05, 0.1) is 7.11 Å². The Bertz CT molecular complexity index is 408. The van der Waals surface area contributed by atoms with Crippen molar-refractivity contribution in [2.45, 2.75) is 25.3 Å². The molecule has 0 saturated heterocycles. The van der Waals surface area contributed by atoms with Gasteiger partial charge in [0.25, 0.3) is 0 Å². The number of benzene rings is 1. The second-order valence-corrected chi connectivity index (χ2v) is 5.07. The predicted octanol–water partition coefficient (Wildman–Crippen LogP) is 2.01. The van der Waals surface area contributed by atoms with Crippen LogP contribution in [0.25, 0.3) is 0 Å². The van der Waals surface area contributed by atoms with E-state index in [0.29, 0.717) is 6.42 Å². The number of carbonyl (C=O) groups is 1. The first kappa shape index (κ1) is 16.7. The summed E-state index contributed by atoms with van der Waals surface area (Å²) in [7, 11) is 5.32. The molecule has 0 fully saturated rings. The molecule has 0 heterocycles. The van der Waals surface area contributed by atoms with Crippen molar-refractivity contribution in [1.82, 2.24) is 10.2 Å². The summed E-state index contributed by atoms with van der Waals surface area (Å²) in [6.45, 7) is 4.01. The lowest BCUT2D eigenvalue weighted by atomic mass is 9.86. The third kappa shape index (κ3) is 3.81. The van der Waals surface area contributed by atoms with Crippen molar-refractivity contribution in [3.8, 4) is 0 Å². The van der Waals surface area contributed by atoms with Crippen molar-refractivity contribution in [3.63, 3.8) is 0 Å². The van der Waals surface area contributed by atoms with Crippen LogP contribution in [0.3, 0.4) is 0 Å². The molecule has 4 nitrogen and oxygen atoms in total. The molecule has 0 saturated carbocycles. The number of hydrogen-bond donors (Lipinski definition) is 1. The molecule has 1 rings (SSSR count). The highest BCUT2D eigenvalue weighted by atomic mass is 16.5. The first-order valence-corrected chi connectivity index (χ1v) is 7.12. The van der Waals surface area contributed by atoms with Crippen molar-refractivity contribution in [1.29, 1.82) is 0 Å². The third-order valence-electron chi connectivity index (χ3n) is 3.70. The first-order chi connectivity index (χ1) is 9.60. The first-order valence-electron chi connectivity index (χ1n) is 7.12. The molecule has 0 bridgehead atoms. The monoisotopic (exact) mass is 278 g/mol. The van der Waals surface area contributed by atoms with Crippen molar-refractivity contribution in [2.75, 3.05) is 34.3 Å². The average molecular weight is 278 g/mol. The van der Waals surface area contributed by atoms with Crippen LogP contribution < -0.4 is 5.32 Å². The van der Waals surface area contributed by atoms with E-state index >= 15 is 0 Å². The quantitative estimate of drug-likeness (QED) is 0.739. The standard InChI is InChI=1S/C16H26N2O2/c1-5-12-18(3)13-11-16(17-2,15(19)20-4)14-9-7-6-8-10-14/h6-10,17H,5,11-13H2,1-4H3. The Morgan fingerprint density at radius 1 is 1.30 bits per heavy atom. The fourth-order valence-corrected chi connectivity index (χ4v) is 2.48. The lowest BCUT2D eigenvalue weighted by Gasteiger charge is -2.32. The van der Waals surface area contributed by atoms with Crippen LogP contribution in [0.4, 0.5) is 0 Å². The highest BCUT2D eigenvalue weighted by Crippen LogP contribution is 2.26. The summed E-state index contributed by atoms with van der Waals surface area (Å²) in [5.41, 5.74) is 0.164. The molecular formula is C16H26N2O2. The van der Waals surface area contributed by atoms with E-state index in [2.05, 4.69) is 24.2 Å². The maximum Gasteiger partial charge on any atom is 0.330 e. The predicted molar refractivity (Wildman–Crippen MR) is 81.6 cm³/mol. The second kappa shape index (κ2) is 8.02. The third-order valence-corrected chi connectivity index (χ3v) is 3.70. The van der Waals surface area contributed by atoms with Gasteiger partial charge in [-0.05, 0) is 39.0 Å². The number of nitrogens with zero attached hydrogens (tertiary/aromatic N) is 1. The van der Waals surface area contributed by atoms with Crippen LogP contribution in [0.5, 0.6) is 0 Å². The van der Waals surface area contributed by atoms with Gasteiger partial charge in [0.15, 0.2) is 0 Å². The lowest BCUT2D eigenvalue weighted by Crippen LogP contribution is -2.50. The number of esters is 1. The van der Waals surface area contributed by atoms with Gasteiger partial charge in [-0.15, -0.1) is 0 Å². The molecule has 0 aliphatic heterocycles. The molecule has 1 atom stereocenters. The van der Waals surface area contributed by atoms with Gasteiger partial charge in [-0.2, -0.15) is 0 Å².